The number of aromatic nitrogens is 4. The fourth-order valence-electron chi connectivity index (χ4n) is 8.04. The molecule has 0 atom stereocenters. The predicted molar refractivity (Wildman–Crippen MR) is 232 cm³/mol. The number of hydrogen-bond donors (Lipinski definition) is 0. The average molecular weight is 732 g/mol. The van der Waals surface area contributed by atoms with Crippen LogP contribution in [0.1, 0.15) is 0 Å². The van der Waals surface area contributed by atoms with Gasteiger partial charge in [-0.3, -0.25) is 4.57 Å². The van der Waals surface area contributed by atoms with Gasteiger partial charge in [-0.05, 0) is 65.7 Å². The minimum Gasteiger partial charge on any atom is -0.456 e. The first-order valence-corrected chi connectivity index (χ1v) is 19.0. The van der Waals surface area contributed by atoms with Crippen molar-refractivity contribution in [2.75, 3.05) is 4.90 Å². The lowest BCUT2D eigenvalue weighted by atomic mass is 10.0. The van der Waals surface area contributed by atoms with Crippen molar-refractivity contribution < 1.29 is 4.42 Å². The van der Waals surface area contributed by atoms with E-state index >= 15 is 0 Å². The Bertz CT molecular complexity index is 3170. The Morgan fingerprint density at radius 1 is 0.386 bits per heavy atom. The Balaban J connectivity index is 1.08. The molecule has 6 nitrogen and oxygen atoms in total. The largest absolute Gasteiger partial charge is 0.456 e. The maximum Gasteiger partial charge on any atom is 0.238 e. The fourth-order valence-corrected chi connectivity index (χ4v) is 8.04. The third-order valence-electron chi connectivity index (χ3n) is 10.7. The maximum atomic E-state index is 6.68. The van der Waals surface area contributed by atoms with E-state index in [4.69, 9.17) is 19.4 Å². The van der Waals surface area contributed by atoms with Crippen LogP contribution >= 0.6 is 0 Å². The zero-order chi connectivity index (χ0) is 37.7. The summed E-state index contributed by atoms with van der Waals surface area (Å²) in [5, 5.41) is 4.23. The molecule has 268 valence electrons. The van der Waals surface area contributed by atoms with Gasteiger partial charge in [0.15, 0.2) is 11.6 Å². The van der Waals surface area contributed by atoms with Crippen LogP contribution in [0.5, 0.6) is 0 Å². The molecular formula is C51H33N5O. The van der Waals surface area contributed by atoms with Gasteiger partial charge in [0.25, 0.3) is 0 Å². The molecule has 0 radical (unpaired) electrons. The molecule has 3 heterocycles. The van der Waals surface area contributed by atoms with Gasteiger partial charge in [0, 0.05) is 55.8 Å². The van der Waals surface area contributed by atoms with Crippen LogP contribution in [0.2, 0.25) is 0 Å². The third-order valence-corrected chi connectivity index (χ3v) is 10.7. The molecule has 0 fully saturated rings. The van der Waals surface area contributed by atoms with Crippen molar-refractivity contribution in [2.45, 2.75) is 0 Å². The topological polar surface area (TPSA) is 60.0 Å². The highest BCUT2D eigenvalue weighted by atomic mass is 16.3. The van der Waals surface area contributed by atoms with Gasteiger partial charge >= 0.3 is 0 Å². The van der Waals surface area contributed by atoms with Gasteiger partial charge < -0.3 is 9.32 Å². The molecule has 0 spiro atoms. The summed E-state index contributed by atoms with van der Waals surface area (Å²) >= 11 is 0. The Labute approximate surface area is 328 Å². The summed E-state index contributed by atoms with van der Waals surface area (Å²) < 4.78 is 8.83. The number of furan rings is 1. The minimum atomic E-state index is 0.556. The molecule has 57 heavy (non-hydrogen) atoms. The highest BCUT2D eigenvalue weighted by molar-refractivity contribution is 6.13. The lowest BCUT2D eigenvalue weighted by Crippen LogP contribution is -2.09. The van der Waals surface area contributed by atoms with E-state index < -0.39 is 0 Å². The number of nitrogens with zero attached hydrogens (tertiary/aromatic N) is 5. The Hall–Kier alpha value is -7.83. The molecule has 0 aliphatic heterocycles. The van der Waals surface area contributed by atoms with Crippen LogP contribution in [-0.2, 0) is 0 Å². The van der Waals surface area contributed by atoms with Gasteiger partial charge in [-0.2, -0.15) is 9.97 Å². The summed E-state index contributed by atoms with van der Waals surface area (Å²) in [7, 11) is 0. The summed E-state index contributed by atoms with van der Waals surface area (Å²) in [6, 6.07) is 69.1. The van der Waals surface area contributed by atoms with Crippen LogP contribution < -0.4 is 4.90 Å². The van der Waals surface area contributed by atoms with Gasteiger partial charge in [0.2, 0.25) is 5.95 Å². The van der Waals surface area contributed by atoms with E-state index in [1.165, 1.54) is 11.1 Å². The van der Waals surface area contributed by atoms with Crippen molar-refractivity contribution >= 4 is 60.8 Å². The molecule has 0 saturated carbocycles. The predicted octanol–water partition coefficient (Wildman–Crippen LogP) is 13.3. The number of para-hydroxylation sites is 3. The minimum absolute atomic E-state index is 0.556. The molecule has 0 amide bonds. The molecule has 0 aliphatic rings. The molecule has 0 bridgehead atoms. The summed E-state index contributed by atoms with van der Waals surface area (Å²) in [6.07, 6.45) is 0. The lowest BCUT2D eigenvalue weighted by Gasteiger charge is -2.25. The highest BCUT2D eigenvalue weighted by Crippen LogP contribution is 2.41. The second kappa shape index (κ2) is 13.5. The quantitative estimate of drug-likeness (QED) is 0.163. The molecule has 0 N–H and O–H groups in total. The van der Waals surface area contributed by atoms with Gasteiger partial charge in [-0.25, -0.2) is 4.98 Å². The Kier molecular flexibility index (Phi) is 7.71. The fraction of sp³-hybridized carbons (Fsp3) is 0. The monoisotopic (exact) mass is 731 g/mol. The van der Waals surface area contributed by atoms with Crippen LogP contribution in [0.15, 0.2) is 205 Å². The standard InChI is InChI=1S/C51H33N5O/c1-4-15-34(16-5-1)35-27-29-38(30-28-35)55(37-19-8-3-9-20-37)39-31-32-42-47(33-39)57-46-26-14-23-43(48(42)46)50-52-49(36-17-6-2-7-18-36)53-51(54-50)56-44-24-12-10-21-40(44)41-22-11-13-25-45(41)56/h1-33H. The summed E-state index contributed by atoms with van der Waals surface area (Å²) in [4.78, 5) is 17.8. The summed E-state index contributed by atoms with van der Waals surface area (Å²) in [5.74, 6) is 1.73. The molecule has 8 aromatic carbocycles. The number of hydrogen-bond acceptors (Lipinski definition) is 5. The van der Waals surface area contributed by atoms with Crippen molar-refractivity contribution in [2.24, 2.45) is 0 Å². The van der Waals surface area contributed by atoms with Crippen molar-refractivity contribution in [1.82, 2.24) is 19.5 Å². The van der Waals surface area contributed by atoms with Crippen LogP contribution in [0.3, 0.4) is 0 Å². The van der Waals surface area contributed by atoms with Crippen LogP contribution in [0.4, 0.5) is 17.1 Å². The van der Waals surface area contributed by atoms with Gasteiger partial charge in [0.1, 0.15) is 11.2 Å². The number of anilines is 3. The zero-order valence-corrected chi connectivity index (χ0v) is 30.7. The molecule has 11 rings (SSSR count). The van der Waals surface area contributed by atoms with E-state index in [-0.39, 0.29) is 0 Å². The van der Waals surface area contributed by atoms with Crippen LogP contribution in [0, 0.1) is 0 Å². The van der Waals surface area contributed by atoms with E-state index in [1.807, 2.05) is 54.6 Å². The van der Waals surface area contributed by atoms with E-state index in [2.05, 4.69) is 155 Å². The second-order valence-electron chi connectivity index (χ2n) is 14.1. The van der Waals surface area contributed by atoms with Crippen molar-refractivity contribution in [3.63, 3.8) is 0 Å². The normalized spacial score (nSPS) is 11.5. The maximum absolute atomic E-state index is 6.68. The number of fused-ring (bicyclic) bond motifs is 6. The Morgan fingerprint density at radius 2 is 0.947 bits per heavy atom. The van der Waals surface area contributed by atoms with Crippen molar-refractivity contribution in [1.29, 1.82) is 0 Å². The zero-order valence-electron chi connectivity index (χ0n) is 30.7. The third kappa shape index (κ3) is 5.62. The Morgan fingerprint density at radius 3 is 1.65 bits per heavy atom. The van der Waals surface area contributed by atoms with E-state index in [0.717, 1.165) is 71.9 Å². The van der Waals surface area contributed by atoms with Gasteiger partial charge in [-0.15, -0.1) is 0 Å². The molecule has 3 aromatic heterocycles. The SMILES string of the molecule is c1ccc(-c2ccc(N(c3ccccc3)c3ccc4c(c3)oc3cccc(-c5nc(-c6ccccc6)nc(-n6c7ccccc7c7ccccc76)n5)c34)cc2)cc1. The number of benzene rings is 8. The van der Waals surface area contributed by atoms with Crippen molar-refractivity contribution in [3.05, 3.63) is 200 Å². The first-order valence-electron chi connectivity index (χ1n) is 19.0. The smallest absolute Gasteiger partial charge is 0.238 e. The average Bonchev–Trinajstić information content (AvgIpc) is 3.83. The molecule has 0 aliphatic carbocycles. The second-order valence-corrected chi connectivity index (χ2v) is 14.1. The highest BCUT2D eigenvalue weighted by Gasteiger charge is 2.21. The molecule has 11 aromatic rings. The van der Waals surface area contributed by atoms with E-state index in [9.17, 15) is 0 Å². The van der Waals surface area contributed by atoms with Crippen LogP contribution in [-0.4, -0.2) is 19.5 Å². The molecular weight excluding hydrogens is 699 g/mol. The van der Waals surface area contributed by atoms with Gasteiger partial charge in [-0.1, -0.05) is 140 Å². The molecule has 0 saturated heterocycles. The summed E-state index contributed by atoms with van der Waals surface area (Å²) in [5.41, 5.74) is 10.8. The number of rotatable bonds is 7. The van der Waals surface area contributed by atoms with E-state index in [0.29, 0.717) is 17.6 Å². The first-order chi connectivity index (χ1) is 28.3. The van der Waals surface area contributed by atoms with Crippen LogP contribution in [0.25, 0.3) is 83.6 Å². The molecule has 0 unspecified atom stereocenters. The molecule has 6 heteroatoms. The van der Waals surface area contributed by atoms with Crippen molar-refractivity contribution in [3.8, 4) is 39.9 Å². The van der Waals surface area contributed by atoms with E-state index in [1.54, 1.807) is 0 Å². The summed E-state index contributed by atoms with van der Waals surface area (Å²) in [6.45, 7) is 0. The first kappa shape index (κ1) is 32.6. The lowest BCUT2D eigenvalue weighted by molar-refractivity contribution is 0.669. The van der Waals surface area contributed by atoms with Gasteiger partial charge in [0.05, 0.1) is 11.0 Å².